The van der Waals surface area contributed by atoms with Crippen LogP contribution in [-0.2, 0) is 13.6 Å². The summed E-state index contributed by atoms with van der Waals surface area (Å²) in [5.74, 6) is 0.894. The number of ether oxygens (including phenoxy) is 2. The molecule has 1 aromatic carbocycles. The first-order chi connectivity index (χ1) is 9.65. The SMILES string of the molecule is Cn1nccc1CNc1cc2c(cc1[N+](=O)[O-])OCO2. The number of anilines is 1. The van der Waals surface area contributed by atoms with Crippen LogP contribution in [0.2, 0.25) is 0 Å². The first-order valence-electron chi connectivity index (χ1n) is 5.94. The van der Waals surface area contributed by atoms with Crippen molar-refractivity contribution in [2.75, 3.05) is 12.1 Å². The zero-order valence-corrected chi connectivity index (χ0v) is 10.7. The van der Waals surface area contributed by atoms with Crippen molar-refractivity contribution in [3.63, 3.8) is 0 Å². The topological polar surface area (TPSA) is 91.5 Å². The first-order valence-corrected chi connectivity index (χ1v) is 5.94. The third-order valence-electron chi connectivity index (χ3n) is 3.07. The van der Waals surface area contributed by atoms with Crippen molar-refractivity contribution in [2.45, 2.75) is 6.54 Å². The molecule has 104 valence electrons. The molecule has 0 fully saturated rings. The van der Waals surface area contributed by atoms with Gasteiger partial charge in [-0.15, -0.1) is 0 Å². The van der Waals surface area contributed by atoms with E-state index >= 15 is 0 Å². The molecule has 0 radical (unpaired) electrons. The van der Waals surface area contributed by atoms with Gasteiger partial charge < -0.3 is 14.8 Å². The molecule has 0 saturated heterocycles. The van der Waals surface area contributed by atoms with Crippen LogP contribution in [0.5, 0.6) is 11.5 Å². The second-order valence-electron chi connectivity index (χ2n) is 4.28. The van der Waals surface area contributed by atoms with Gasteiger partial charge in [0.2, 0.25) is 6.79 Å². The highest BCUT2D eigenvalue weighted by molar-refractivity contribution is 5.68. The van der Waals surface area contributed by atoms with Crippen LogP contribution in [0.3, 0.4) is 0 Å². The Morgan fingerprint density at radius 2 is 2.20 bits per heavy atom. The van der Waals surface area contributed by atoms with E-state index in [4.69, 9.17) is 9.47 Å². The highest BCUT2D eigenvalue weighted by Crippen LogP contribution is 2.40. The third-order valence-corrected chi connectivity index (χ3v) is 3.07. The first kappa shape index (κ1) is 12.3. The van der Waals surface area contributed by atoms with Crippen LogP contribution in [0, 0.1) is 10.1 Å². The average molecular weight is 276 g/mol. The summed E-state index contributed by atoms with van der Waals surface area (Å²) >= 11 is 0. The Hall–Kier alpha value is -2.77. The fourth-order valence-corrected chi connectivity index (χ4v) is 1.98. The van der Waals surface area contributed by atoms with E-state index in [0.717, 1.165) is 5.69 Å². The number of aryl methyl sites for hydroxylation is 1. The Labute approximate surface area is 114 Å². The van der Waals surface area contributed by atoms with E-state index in [0.29, 0.717) is 23.7 Å². The van der Waals surface area contributed by atoms with E-state index in [-0.39, 0.29) is 12.5 Å². The highest BCUT2D eigenvalue weighted by Gasteiger charge is 2.23. The lowest BCUT2D eigenvalue weighted by Crippen LogP contribution is -2.07. The Bertz CT molecular complexity index is 667. The second kappa shape index (κ2) is 4.72. The zero-order valence-electron chi connectivity index (χ0n) is 10.7. The second-order valence-corrected chi connectivity index (χ2v) is 4.28. The third kappa shape index (κ3) is 2.11. The molecular formula is C12H12N4O4. The predicted octanol–water partition coefficient (Wildman–Crippen LogP) is 1.67. The zero-order chi connectivity index (χ0) is 14.1. The molecule has 1 aliphatic heterocycles. The number of nitrogens with one attached hydrogen (secondary N) is 1. The molecule has 2 heterocycles. The number of nitrogens with zero attached hydrogens (tertiary/aromatic N) is 3. The predicted molar refractivity (Wildman–Crippen MR) is 69.8 cm³/mol. The van der Waals surface area contributed by atoms with Crippen LogP contribution in [0.15, 0.2) is 24.4 Å². The molecule has 1 aliphatic rings. The van der Waals surface area contributed by atoms with Gasteiger partial charge in [-0.1, -0.05) is 0 Å². The van der Waals surface area contributed by atoms with Gasteiger partial charge in [-0.25, -0.2) is 0 Å². The molecule has 0 aliphatic carbocycles. The molecule has 0 amide bonds. The summed E-state index contributed by atoms with van der Waals surface area (Å²) in [5.41, 5.74) is 1.26. The fraction of sp³-hybridized carbons (Fsp3) is 0.250. The monoisotopic (exact) mass is 276 g/mol. The van der Waals surface area contributed by atoms with Gasteiger partial charge in [-0.2, -0.15) is 5.10 Å². The van der Waals surface area contributed by atoms with Crippen LogP contribution in [0.1, 0.15) is 5.69 Å². The number of fused-ring (bicyclic) bond motifs is 1. The quantitative estimate of drug-likeness (QED) is 0.674. The Kier molecular flexibility index (Phi) is 2.90. The largest absolute Gasteiger partial charge is 0.454 e. The average Bonchev–Trinajstić information content (AvgIpc) is 3.03. The minimum Gasteiger partial charge on any atom is -0.454 e. The molecule has 3 rings (SSSR count). The van der Waals surface area contributed by atoms with Gasteiger partial charge in [0.05, 0.1) is 23.2 Å². The van der Waals surface area contributed by atoms with Crippen molar-refractivity contribution < 1.29 is 14.4 Å². The highest BCUT2D eigenvalue weighted by atomic mass is 16.7. The summed E-state index contributed by atoms with van der Waals surface area (Å²) in [5, 5.41) is 18.2. The van der Waals surface area contributed by atoms with E-state index in [2.05, 4.69) is 10.4 Å². The van der Waals surface area contributed by atoms with Crippen LogP contribution in [0.25, 0.3) is 0 Å². The Balaban J connectivity index is 1.88. The molecule has 0 saturated carbocycles. The summed E-state index contributed by atoms with van der Waals surface area (Å²) in [6, 6.07) is 4.79. The maximum absolute atomic E-state index is 11.1. The van der Waals surface area contributed by atoms with Gasteiger partial charge in [0.15, 0.2) is 11.5 Å². The minimum atomic E-state index is -0.451. The van der Waals surface area contributed by atoms with Crippen LogP contribution < -0.4 is 14.8 Å². The van der Waals surface area contributed by atoms with Gasteiger partial charge in [-0.3, -0.25) is 14.8 Å². The van der Waals surface area contributed by atoms with Crippen LogP contribution in [0.4, 0.5) is 11.4 Å². The van der Waals surface area contributed by atoms with E-state index in [1.54, 1.807) is 16.9 Å². The fourth-order valence-electron chi connectivity index (χ4n) is 1.98. The lowest BCUT2D eigenvalue weighted by atomic mass is 10.2. The molecular weight excluding hydrogens is 264 g/mol. The molecule has 8 heteroatoms. The van der Waals surface area contributed by atoms with Crippen molar-refractivity contribution in [3.8, 4) is 11.5 Å². The van der Waals surface area contributed by atoms with Crippen LogP contribution in [-0.4, -0.2) is 21.5 Å². The van der Waals surface area contributed by atoms with E-state index < -0.39 is 4.92 Å². The standard InChI is InChI=1S/C12H12N4O4/c1-15-8(2-3-14-15)6-13-9-4-11-12(20-7-19-11)5-10(9)16(17)18/h2-5,13H,6-7H2,1H3. The van der Waals surface area contributed by atoms with Crippen molar-refractivity contribution in [1.29, 1.82) is 0 Å². The van der Waals surface area contributed by atoms with Gasteiger partial charge in [0.25, 0.3) is 5.69 Å². The number of rotatable bonds is 4. The molecule has 8 nitrogen and oxygen atoms in total. The summed E-state index contributed by atoms with van der Waals surface area (Å²) in [6.45, 7) is 0.509. The Morgan fingerprint density at radius 1 is 1.45 bits per heavy atom. The number of nitro benzene ring substituents is 1. The summed E-state index contributed by atoms with van der Waals surface area (Å²) < 4.78 is 12.1. The molecule has 0 bridgehead atoms. The lowest BCUT2D eigenvalue weighted by Gasteiger charge is -2.08. The number of nitro groups is 1. The number of aromatic nitrogens is 2. The summed E-state index contributed by atoms with van der Waals surface area (Å²) in [6.07, 6.45) is 1.67. The molecule has 0 unspecified atom stereocenters. The number of benzene rings is 1. The summed E-state index contributed by atoms with van der Waals surface area (Å²) in [7, 11) is 1.81. The molecule has 1 N–H and O–H groups in total. The van der Waals surface area contributed by atoms with Gasteiger partial charge in [0.1, 0.15) is 5.69 Å². The van der Waals surface area contributed by atoms with Crippen molar-refractivity contribution in [3.05, 3.63) is 40.2 Å². The molecule has 0 spiro atoms. The van der Waals surface area contributed by atoms with Gasteiger partial charge in [-0.05, 0) is 6.07 Å². The smallest absolute Gasteiger partial charge is 0.296 e. The molecule has 2 aromatic rings. The van der Waals surface area contributed by atoms with Crippen molar-refractivity contribution in [1.82, 2.24) is 9.78 Å². The van der Waals surface area contributed by atoms with E-state index in [1.807, 2.05) is 13.1 Å². The van der Waals surface area contributed by atoms with Gasteiger partial charge >= 0.3 is 0 Å². The molecule has 0 atom stereocenters. The van der Waals surface area contributed by atoms with E-state index in [1.165, 1.54) is 6.07 Å². The maximum atomic E-state index is 11.1. The van der Waals surface area contributed by atoms with Gasteiger partial charge in [0, 0.05) is 19.3 Å². The minimum absolute atomic E-state index is 0.0450. The van der Waals surface area contributed by atoms with Crippen molar-refractivity contribution >= 4 is 11.4 Å². The van der Waals surface area contributed by atoms with Crippen molar-refractivity contribution in [2.24, 2.45) is 7.05 Å². The molecule has 1 aromatic heterocycles. The summed E-state index contributed by atoms with van der Waals surface area (Å²) in [4.78, 5) is 10.7. The van der Waals surface area contributed by atoms with E-state index in [9.17, 15) is 10.1 Å². The maximum Gasteiger partial charge on any atom is 0.296 e. The molecule has 20 heavy (non-hydrogen) atoms. The lowest BCUT2D eigenvalue weighted by molar-refractivity contribution is -0.384. The number of hydrogen-bond donors (Lipinski definition) is 1. The Morgan fingerprint density at radius 3 is 2.85 bits per heavy atom. The number of hydrogen-bond acceptors (Lipinski definition) is 6. The van der Waals surface area contributed by atoms with Crippen LogP contribution >= 0.6 is 0 Å². The normalized spacial score (nSPS) is 12.4.